The average Bonchev–Trinajstić information content (AvgIpc) is 2.63. The molecule has 1 amide bonds. The van der Waals surface area contributed by atoms with Gasteiger partial charge in [0.15, 0.2) is 6.10 Å². The van der Waals surface area contributed by atoms with Gasteiger partial charge in [-0.15, -0.1) is 0 Å². The summed E-state index contributed by atoms with van der Waals surface area (Å²) in [5, 5.41) is 2.47. The summed E-state index contributed by atoms with van der Waals surface area (Å²) in [7, 11) is 0. The zero-order valence-electron chi connectivity index (χ0n) is 15.9. The van der Waals surface area contributed by atoms with Gasteiger partial charge in [-0.05, 0) is 49.6 Å². The molecule has 0 spiro atoms. The highest BCUT2D eigenvalue weighted by Crippen LogP contribution is 2.14. The molecule has 2 aromatic rings. The van der Waals surface area contributed by atoms with Crippen molar-refractivity contribution in [3.63, 3.8) is 0 Å². The highest BCUT2D eigenvalue weighted by atomic mass is 16.5. The number of ketones is 1. The molecule has 140 valence electrons. The molecule has 2 aromatic carbocycles. The second kappa shape index (κ2) is 8.94. The van der Waals surface area contributed by atoms with E-state index in [2.05, 4.69) is 5.32 Å². The molecule has 2 rings (SSSR count). The second-order valence-electron chi connectivity index (χ2n) is 6.36. The SMILES string of the molecule is CC(=O)N/C(=C\c1ccccc1)C(=O)O[C@H](C)C(=O)c1ccc(C)c(C)c1. The molecule has 5 heteroatoms. The third-order valence-corrected chi connectivity index (χ3v) is 4.09. The molecule has 0 aliphatic heterocycles. The number of hydrogen-bond donors (Lipinski definition) is 1. The molecule has 0 fully saturated rings. The predicted octanol–water partition coefficient (Wildman–Crippen LogP) is 3.60. The number of amides is 1. The van der Waals surface area contributed by atoms with Crippen molar-refractivity contribution in [3.8, 4) is 0 Å². The Morgan fingerprint density at radius 1 is 1.00 bits per heavy atom. The Kier molecular flexibility index (Phi) is 6.66. The van der Waals surface area contributed by atoms with Crippen LogP contribution in [0.5, 0.6) is 0 Å². The fourth-order valence-electron chi connectivity index (χ4n) is 2.46. The number of ether oxygens (including phenoxy) is 1. The van der Waals surface area contributed by atoms with E-state index < -0.39 is 18.0 Å². The minimum absolute atomic E-state index is 0.0200. The maximum Gasteiger partial charge on any atom is 0.355 e. The number of Topliss-reactive ketones (excluding diaryl/α,β-unsaturated/α-hetero) is 1. The molecule has 5 nitrogen and oxygen atoms in total. The minimum Gasteiger partial charge on any atom is -0.450 e. The van der Waals surface area contributed by atoms with Crippen LogP contribution in [0.2, 0.25) is 0 Å². The van der Waals surface area contributed by atoms with E-state index in [-0.39, 0.29) is 11.5 Å². The average molecular weight is 365 g/mol. The standard InChI is InChI=1S/C22H23NO4/c1-14-10-11-19(12-15(14)2)21(25)16(3)27-22(26)20(23-17(4)24)13-18-8-6-5-7-9-18/h5-13,16H,1-4H3,(H,23,24)/b20-13-/t16-/m1/s1. The maximum atomic E-state index is 12.6. The number of carbonyl (C=O) groups is 3. The Morgan fingerprint density at radius 2 is 1.67 bits per heavy atom. The molecule has 0 unspecified atom stereocenters. The van der Waals surface area contributed by atoms with Crippen LogP contribution in [0.15, 0.2) is 54.2 Å². The van der Waals surface area contributed by atoms with Crippen LogP contribution in [0.1, 0.15) is 40.9 Å². The molecule has 1 N–H and O–H groups in total. The Labute approximate surface area is 159 Å². The third-order valence-electron chi connectivity index (χ3n) is 4.09. The first-order valence-electron chi connectivity index (χ1n) is 8.64. The van der Waals surface area contributed by atoms with Crippen molar-refractivity contribution in [1.29, 1.82) is 0 Å². The number of esters is 1. The third kappa shape index (κ3) is 5.64. The minimum atomic E-state index is -0.979. The molecule has 1 atom stereocenters. The molecule has 0 saturated carbocycles. The van der Waals surface area contributed by atoms with E-state index in [4.69, 9.17) is 4.74 Å². The van der Waals surface area contributed by atoms with Gasteiger partial charge >= 0.3 is 5.97 Å². The summed E-state index contributed by atoms with van der Waals surface area (Å²) >= 11 is 0. The molecular formula is C22H23NO4. The predicted molar refractivity (Wildman–Crippen MR) is 104 cm³/mol. The van der Waals surface area contributed by atoms with Gasteiger partial charge in [-0.3, -0.25) is 9.59 Å². The van der Waals surface area contributed by atoms with E-state index in [0.717, 1.165) is 16.7 Å². The van der Waals surface area contributed by atoms with Crippen molar-refractivity contribution in [1.82, 2.24) is 5.32 Å². The van der Waals surface area contributed by atoms with Crippen LogP contribution in [0, 0.1) is 13.8 Å². The molecule has 0 aliphatic carbocycles. The lowest BCUT2D eigenvalue weighted by atomic mass is 10.0. The van der Waals surface area contributed by atoms with Gasteiger partial charge in [0, 0.05) is 12.5 Å². The summed E-state index contributed by atoms with van der Waals surface area (Å²) in [6, 6.07) is 14.4. The first kappa shape index (κ1) is 20.1. The fraction of sp³-hybridized carbons (Fsp3) is 0.227. The first-order chi connectivity index (χ1) is 12.8. The van der Waals surface area contributed by atoms with Crippen LogP contribution in [0.3, 0.4) is 0 Å². The Bertz CT molecular complexity index is 884. The van der Waals surface area contributed by atoms with Crippen LogP contribution in [0.4, 0.5) is 0 Å². The number of benzene rings is 2. The quantitative estimate of drug-likeness (QED) is 0.482. The Balaban J connectivity index is 2.18. The van der Waals surface area contributed by atoms with Crippen molar-refractivity contribution in [2.45, 2.75) is 33.8 Å². The number of rotatable bonds is 6. The van der Waals surface area contributed by atoms with Gasteiger partial charge in [0.1, 0.15) is 5.70 Å². The molecular weight excluding hydrogens is 342 g/mol. The highest BCUT2D eigenvalue weighted by Gasteiger charge is 2.22. The molecule has 0 aromatic heterocycles. The van der Waals surface area contributed by atoms with E-state index in [1.807, 2.05) is 38.1 Å². The van der Waals surface area contributed by atoms with Crippen LogP contribution >= 0.6 is 0 Å². The molecule has 0 bridgehead atoms. The normalized spacial score (nSPS) is 12.2. The van der Waals surface area contributed by atoms with Crippen molar-refractivity contribution in [3.05, 3.63) is 76.5 Å². The van der Waals surface area contributed by atoms with Gasteiger partial charge < -0.3 is 10.1 Å². The molecule has 0 heterocycles. The molecule has 0 aliphatic rings. The lowest BCUT2D eigenvalue weighted by Crippen LogP contribution is -2.31. The van der Waals surface area contributed by atoms with Crippen LogP contribution < -0.4 is 5.32 Å². The van der Waals surface area contributed by atoms with E-state index in [1.165, 1.54) is 19.9 Å². The summed E-state index contributed by atoms with van der Waals surface area (Å²) in [4.78, 5) is 36.5. The molecule has 27 heavy (non-hydrogen) atoms. The Hall–Kier alpha value is -3.21. The van der Waals surface area contributed by atoms with Gasteiger partial charge in [-0.25, -0.2) is 4.79 Å². The van der Waals surface area contributed by atoms with E-state index in [1.54, 1.807) is 24.3 Å². The number of aryl methyl sites for hydroxylation is 2. The van der Waals surface area contributed by atoms with Gasteiger partial charge in [0.25, 0.3) is 0 Å². The number of nitrogens with one attached hydrogen (secondary N) is 1. The lowest BCUT2D eigenvalue weighted by Gasteiger charge is -2.15. The van der Waals surface area contributed by atoms with E-state index >= 15 is 0 Å². The maximum absolute atomic E-state index is 12.6. The number of hydrogen-bond acceptors (Lipinski definition) is 4. The van der Waals surface area contributed by atoms with Crippen molar-refractivity contribution < 1.29 is 19.1 Å². The Morgan fingerprint density at radius 3 is 2.26 bits per heavy atom. The largest absolute Gasteiger partial charge is 0.450 e. The molecule has 0 saturated heterocycles. The summed E-state index contributed by atoms with van der Waals surface area (Å²) in [5.41, 5.74) is 3.25. The summed E-state index contributed by atoms with van der Waals surface area (Å²) in [6.07, 6.45) is 0.532. The highest BCUT2D eigenvalue weighted by molar-refractivity contribution is 6.03. The zero-order chi connectivity index (χ0) is 20.0. The topological polar surface area (TPSA) is 72.5 Å². The van der Waals surface area contributed by atoms with Gasteiger partial charge in [0.05, 0.1) is 0 Å². The first-order valence-corrected chi connectivity index (χ1v) is 8.64. The van der Waals surface area contributed by atoms with Crippen molar-refractivity contribution in [2.75, 3.05) is 0 Å². The van der Waals surface area contributed by atoms with Crippen LogP contribution in [-0.4, -0.2) is 23.8 Å². The zero-order valence-corrected chi connectivity index (χ0v) is 15.9. The summed E-state index contributed by atoms with van der Waals surface area (Å²) in [6.45, 7) is 6.69. The number of carbonyl (C=O) groups excluding carboxylic acids is 3. The fourth-order valence-corrected chi connectivity index (χ4v) is 2.46. The second-order valence-corrected chi connectivity index (χ2v) is 6.36. The monoisotopic (exact) mass is 365 g/mol. The summed E-state index contributed by atoms with van der Waals surface area (Å²) < 4.78 is 5.30. The molecule has 0 radical (unpaired) electrons. The van der Waals surface area contributed by atoms with Gasteiger partial charge in [0.2, 0.25) is 11.7 Å². The summed E-state index contributed by atoms with van der Waals surface area (Å²) in [5.74, 6) is -1.46. The van der Waals surface area contributed by atoms with E-state index in [0.29, 0.717) is 5.56 Å². The smallest absolute Gasteiger partial charge is 0.355 e. The van der Waals surface area contributed by atoms with Crippen molar-refractivity contribution >= 4 is 23.7 Å². The van der Waals surface area contributed by atoms with E-state index in [9.17, 15) is 14.4 Å². The lowest BCUT2D eigenvalue weighted by molar-refractivity contribution is -0.142. The van der Waals surface area contributed by atoms with Crippen LogP contribution in [-0.2, 0) is 14.3 Å². The van der Waals surface area contributed by atoms with Gasteiger partial charge in [-0.1, -0.05) is 42.5 Å². The van der Waals surface area contributed by atoms with Crippen LogP contribution in [0.25, 0.3) is 6.08 Å². The van der Waals surface area contributed by atoms with Crippen molar-refractivity contribution in [2.24, 2.45) is 0 Å². The van der Waals surface area contributed by atoms with Gasteiger partial charge in [-0.2, -0.15) is 0 Å².